The average molecular weight is 523 g/mol. The highest BCUT2D eigenvalue weighted by molar-refractivity contribution is 5.81. The predicted octanol–water partition coefficient (Wildman–Crippen LogP) is 2.12. The molecule has 2 rings (SSSR count). The molecule has 0 bridgehead atoms. The number of rotatable bonds is 12. The van der Waals surface area contributed by atoms with Gasteiger partial charge in [-0.25, -0.2) is 0 Å². The van der Waals surface area contributed by atoms with E-state index in [1.54, 1.807) is 40.7 Å². The molecule has 0 aliphatic carbocycles. The lowest BCUT2D eigenvalue weighted by Gasteiger charge is -2.08. The minimum atomic E-state index is 0.498. The molecule has 0 saturated heterocycles. The summed E-state index contributed by atoms with van der Waals surface area (Å²) in [5.74, 6) is 2.66. The first-order valence-electron chi connectivity index (χ1n) is 12.3. The summed E-state index contributed by atoms with van der Waals surface area (Å²) in [6.07, 6.45) is 12.9. The summed E-state index contributed by atoms with van der Waals surface area (Å²) in [5.41, 5.74) is 1.95. The fraction of sp³-hybridized carbons (Fsp3) is 0.462. The minimum absolute atomic E-state index is 0.498. The van der Waals surface area contributed by atoms with Crippen LogP contribution in [0.2, 0.25) is 0 Å². The molecule has 0 aliphatic heterocycles. The molecule has 38 heavy (non-hydrogen) atoms. The number of unbranched alkanes of at least 4 members (excludes halogenated alkanes) is 2. The van der Waals surface area contributed by atoms with Crippen LogP contribution in [0.25, 0.3) is 0 Å². The number of methoxy groups -OCH3 is 2. The highest BCUT2D eigenvalue weighted by Crippen LogP contribution is 2.17. The standard InChI is InChI=1S/2C13H19N5O/c2*1-15-13(18-10-14)17-8-4-3-6-11-12(19-2)7-5-9-16-11/h2*5,7,9H,3-4,6,8H2,1-2H3,(H2,15,17,18). The normalized spacial score (nSPS) is 10.7. The maximum Gasteiger partial charge on any atom is 0.204 e. The van der Waals surface area contributed by atoms with Gasteiger partial charge in [-0.2, -0.15) is 10.5 Å². The predicted molar refractivity (Wildman–Crippen MR) is 148 cm³/mol. The molecule has 0 fully saturated rings. The van der Waals surface area contributed by atoms with Crippen molar-refractivity contribution in [1.29, 1.82) is 10.5 Å². The van der Waals surface area contributed by atoms with Crippen LogP contribution >= 0.6 is 0 Å². The second kappa shape index (κ2) is 20.6. The maximum atomic E-state index is 8.47. The van der Waals surface area contributed by atoms with Crippen molar-refractivity contribution < 1.29 is 9.47 Å². The van der Waals surface area contributed by atoms with Gasteiger partial charge in [0.15, 0.2) is 12.4 Å². The Labute approximate surface area is 225 Å². The van der Waals surface area contributed by atoms with Crippen LogP contribution in [-0.4, -0.2) is 63.3 Å². The second-order valence-corrected chi connectivity index (χ2v) is 7.69. The van der Waals surface area contributed by atoms with E-state index in [4.69, 9.17) is 20.0 Å². The van der Waals surface area contributed by atoms with Crippen molar-refractivity contribution in [3.8, 4) is 23.9 Å². The largest absolute Gasteiger partial charge is 0.495 e. The van der Waals surface area contributed by atoms with Crippen LogP contribution in [-0.2, 0) is 12.8 Å². The molecule has 2 heterocycles. The van der Waals surface area contributed by atoms with Crippen LogP contribution in [0, 0.1) is 22.9 Å². The quantitative estimate of drug-likeness (QED) is 0.107. The smallest absolute Gasteiger partial charge is 0.204 e. The summed E-state index contributed by atoms with van der Waals surface area (Å²) in [5, 5.41) is 28.0. The molecule has 12 nitrogen and oxygen atoms in total. The molecule has 0 radical (unpaired) electrons. The first-order valence-corrected chi connectivity index (χ1v) is 12.3. The number of nitriles is 2. The number of pyridine rings is 2. The van der Waals surface area contributed by atoms with Gasteiger partial charge in [0.25, 0.3) is 0 Å². The van der Waals surface area contributed by atoms with Crippen molar-refractivity contribution >= 4 is 11.9 Å². The van der Waals surface area contributed by atoms with Crippen molar-refractivity contribution in [3.05, 3.63) is 48.0 Å². The third-order valence-corrected chi connectivity index (χ3v) is 5.20. The van der Waals surface area contributed by atoms with E-state index in [2.05, 4.69) is 41.2 Å². The van der Waals surface area contributed by atoms with Gasteiger partial charge in [-0.3, -0.25) is 30.6 Å². The van der Waals surface area contributed by atoms with Gasteiger partial charge in [0.2, 0.25) is 11.9 Å². The van der Waals surface area contributed by atoms with Crippen LogP contribution in [0.5, 0.6) is 11.5 Å². The summed E-state index contributed by atoms with van der Waals surface area (Å²) < 4.78 is 10.5. The Balaban J connectivity index is 0.000000380. The molecule has 0 amide bonds. The van der Waals surface area contributed by atoms with Crippen molar-refractivity contribution in [2.75, 3.05) is 41.4 Å². The van der Waals surface area contributed by atoms with Gasteiger partial charge in [0, 0.05) is 39.6 Å². The topological polar surface area (TPSA) is 165 Å². The van der Waals surface area contributed by atoms with E-state index in [0.29, 0.717) is 11.9 Å². The Hall–Kier alpha value is -4.58. The molecule has 0 unspecified atom stereocenters. The highest BCUT2D eigenvalue weighted by atomic mass is 16.5. The van der Waals surface area contributed by atoms with E-state index in [0.717, 1.165) is 74.5 Å². The molecule has 2 aromatic rings. The zero-order valence-corrected chi connectivity index (χ0v) is 22.6. The molecule has 0 atom stereocenters. The number of nitrogens with one attached hydrogen (secondary N) is 4. The van der Waals surface area contributed by atoms with Crippen molar-refractivity contribution in [1.82, 2.24) is 31.2 Å². The summed E-state index contributed by atoms with van der Waals surface area (Å²) in [6.45, 7) is 1.52. The summed E-state index contributed by atoms with van der Waals surface area (Å²) >= 11 is 0. The number of ether oxygens (including phenoxy) is 2. The van der Waals surface area contributed by atoms with Gasteiger partial charge in [0.05, 0.1) is 25.6 Å². The molecular weight excluding hydrogens is 484 g/mol. The van der Waals surface area contributed by atoms with Gasteiger partial charge in [-0.1, -0.05) is 0 Å². The fourth-order valence-corrected chi connectivity index (χ4v) is 3.31. The van der Waals surface area contributed by atoms with Crippen LogP contribution in [0.1, 0.15) is 37.1 Å². The molecule has 0 saturated carbocycles. The monoisotopic (exact) mass is 522 g/mol. The van der Waals surface area contributed by atoms with Crippen LogP contribution in [0.3, 0.4) is 0 Å². The van der Waals surface area contributed by atoms with Crippen molar-refractivity contribution in [2.24, 2.45) is 9.98 Å². The van der Waals surface area contributed by atoms with Crippen molar-refractivity contribution in [2.45, 2.75) is 38.5 Å². The van der Waals surface area contributed by atoms with Gasteiger partial charge in [-0.15, -0.1) is 0 Å². The Morgan fingerprint density at radius 3 is 1.53 bits per heavy atom. The Morgan fingerprint density at radius 2 is 1.18 bits per heavy atom. The second-order valence-electron chi connectivity index (χ2n) is 7.69. The molecule has 0 aliphatic rings. The van der Waals surface area contributed by atoms with E-state index in [1.807, 2.05) is 36.7 Å². The van der Waals surface area contributed by atoms with E-state index in [9.17, 15) is 0 Å². The first-order chi connectivity index (χ1) is 18.6. The van der Waals surface area contributed by atoms with Crippen LogP contribution in [0.4, 0.5) is 0 Å². The molecule has 0 spiro atoms. The average Bonchev–Trinajstić information content (AvgIpc) is 2.96. The number of guanidine groups is 2. The Bertz CT molecular complexity index is 991. The number of aryl methyl sites for hydroxylation is 2. The maximum absolute atomic E-state index is 8.47. The molecular formula is C26H38N10O2. The van der Waals surface area contributed by atoms with Gasteiger partial charge in [-0.05, 0) is 62.8 Å². The number of aromatic nitrogens is 2. The zero-order valence-electron chi connectivity index (χ0n) is 22.6. The van der Waals surface area contributed by atoms with Gasteiger partial charge >= 0.3 is 0 Å². The first kappa shape index (κ1) is 31.4. The Morgan fingerprint density at radius 1 is 0.763 bits per heavy atom. The van der Waals surface area contributed by atoms with Gasteiger partial charge in [0.1, 0.15) is 11.5 Å². The van der Waals surface area contributed by atoms with Crippen molar-refractivity contribution in [3.63, 3.8) is 0 Å². The summed E-state index contributed by atoms with van der Waals surface area (Å²) in [6, 6.07) is 7.56. The third kappa shape index (κ3) is 12.9. The molecule has 12 heteroatoms. The van der Waals surface area contributed by atoms with E-state index in [1.165, 1.54) is 0 Å². The highest BCUT2D eigenvalue weighted by Gasteiger charge is 2.04. The van der Waals surface area contributed by atoms with Crippen LogP contribution < -0.4 is 30.7 Å². The lowest BCUT2D eigenvalue weighted by Crippen LogP contribution is -2.34. The molecule has 4 N–H and O–H groups in total. The number of hydrogen-bond acceptors (Lipinski definition) is 8. The molecule has 0 aromatic carbocycles. The lowest BCUT2D eigenvalue weighted by atomic mass is 10.1. The number of aliphatic imine (C=N–C) groups is 2. The molecule has 204 valence electrons. The van der Waals surface area contributed by atoms with Gasteiger partial charge < -0.3 is 20.1 Å². The van der Waals surface area contributed by atoms with Crippen LogP contribution in [0.15, 0.2) is 46.6 Å². The lowest BCUT2D eigenvalue weighted by molar-refractivity contribution is 0.406. The SMILES string of the molecule is CN=C(NC#N)NCCCCc1ncccc1OC.CN=C(NC#N)NCCCCc1ncccc1OC. The third-order valence-electron chi connectivity index (χ3n) is 5.20. The summed E-state index contributed by atoms with van der Waals surface area (Å²) in [4.78, 5) is 16.4. The van der Waals surface area contributed by atoms with E-state index in [-0.39, 0.29) is 0 Å². The van der Waals surface area contributed by atoms with E-state index < -0.39 is 0 Å². The van der Waals surface area contributed by atoms with E-state index >= 15 is 0 Å². The number of hydrogen-bond donors (Lipinski definition) is 4. The zero-order chi connectivity index (χ0) is 27.8. The minimum Gasteiger partial charge on any atom is -0.495 e. The fourth-order valence-electron chi connectivity index (χ4n) is 3.31. The summed E-state index contributed by atoms with van der Waals surface area (Å²) in [7, 11) is 6.57. The molecule has 2 aromatic heterocycles. The number of nitrogens with zero attached hydrogens (tertiary/aromatic N) is 6. The Kier molecular flexibility index (Phi) is 17.0.